The molecule has 0 aromatic carbocycles. The van der Waals surface area contributed by atoms with Crippen LogP contribution in [0.1, 0.15) is 43.7 Å². The summed E-state index contributed by atoms with van der Waals surface area (Å²) in [5.41, 5.74) is -0.293. The highest BCUT2D eigenvalue weighted by Crippen LogP contribution is 2.37. The van der Waals surface area contributed by atoms with Crippen LogP contribution in [0.5, 0.6) is 0 Å². The van der Waals surface area contributed by atoms with Crippen LogP contribution < -0.4 is 0 Å². The Morgan fingerprint density at radius 1 is 1.30 bits per heavy atom. The van der Waals surface area contributed by atoms with Crippen molar-refractivity contribution in [3.63, 3.8) is 0 Å². The third kappa shape index (κ3) is 2.76. The fourth-order valence-electron chi connectivity index (χ4n) is 1.87. The number of carboxylic acid groups (broad SMARTS) is 1. The lowest BCUT2D eigenvalue weighted by atomic mass is 9.89. The summed E-state index contributed by atoms with van der Waals surface area (Å²) in [5.74, 6) is 0.678. The zero-order valence-electron chi connectivity index (χ0n) is 12.1. The fraction of sp³-hybridized carbons (Fsp3) is 0.429. The second-order valence-electron chi connectivity index (χ2n) is 5.73. The standard InChI is InChI=1S/C14H18BNO4/c1-13(2)14(3,4)20-15(19-13)8-7-11-10(12(17)18)6-5-9-16-11/h5-9H,1-4H3,(H,17,18)/b8-7+. The van der Waals surface area contributed by atoms with Gasteiger partial charge in [-0.15, -0.1) is 0 Å². The monoisotopic (exact) mass is 275 g/mol. The number of carboxylic acids is 1. The number of rotatable bonds is 3. The van der Waals surface area contributed by atoms with Crippen molar-refractivity contribution >= 4 is 19.2 Å². The number of hydrogen-bond acceptors (Lipinski definition) is 4. The Morgan fingerprint density at radius 2 is 1.90 bits per heavy atom. The Hall–Kier alpha value is -1.66. The predicted molar refractivity (Wildman–Crippen MR) is 76.3 cm³/mol. The minimum atomic E-state index is -1.01. The van der Waals surface area contributed by atoms with Crippen molar-refractivity contribution < 1.29 is 19.2 Å². The summed E-state index contributed by atoms with van der Waals surface area (Å²) in [6, 6.07) is 3.11. The average Bonchev–Trinajstić information content (AvgIpc) is 2.55. The van der Waals surface area contributed by atoms with Crippen LogP contribution in [0, 0.1) is 0 Å². The lowest BCUT2D eigenvalue weighted by Crippen LogP contribution is -2.41. The average molecular weight is 275 g/mol. The Kier molecular flexibility index (Phi) is 3.71. The number of aromatic carboxylic acids is 1. The number of nitrogens with zero attached hydrogens (tertiary/aromatic N) is 1. The summed E-state index contributed by atoms with van der Waals surface area (Å²) in [5, 5.41) is 9.09. The molecule has 0 unspecified atom stereocenters. The molecule has 0 saturated carbocycles. The van der Waals surface area contributed by atoms with Gasteiger partial charge in [0, 0.05) is 6.20 Å². The molecule has 1 N–H and O–H groups in total. The summed E-state index contributed by atoms with van der Waals surface area (Å²) < 4.78 is 11.6. The first-order valence-electron chi connectivity index (χ1n) is 6.45. The Labute approximate surface area is 118 Å². The van der Waals surface area contributed by atoms with Crippen molar-refractivity contribution in [1.29, 1.82) is 0 Å². The van der Waals surface area contributed by atoms with E-state index in [-0.39, 0.29) is 5.56 Å². The smallest absolute Gasteiger partial charge is 0.478 e. The normalized spacial score (nSPS) is 20.5. The van der Waals surface area contributed by atoms with Gasteiger partial charge >= 0.3 is 13.1 Å². The molecule has 1 aromatic heterocycles. The zero-order valence-corrected chi connectivity index (χ0v) is 12.1. The summed E-state index contributed by atoms with van der Waals surface area (Å²) >= 11 is 0. The van der Waals surface area contributed by atoms with Crippen molar-refractivity contribution in [1.82, 2.24) is 4.98 Å². The van der Waals surface area contributed by atoms with E-state index in [9.17, 15) is 4.79 Å². The van der Waals surface area contributed by atoms with Gasteiger partial charge < -0.3 is 14.4 Å². The molecule has 0 bridgehead atoms. The minimum Gasteiger partial charge on any atom is -0.478 e. The van der Waals surface area contributed by atoms with E-state index in [1.165, 1.54) is 6.07 Å². The van der Waals surface area contributed by atoms with E-state index < -0.39 is 24.3 Å². The van der Waals surface area contributed by atoms with Crippen LogP contribution in [0.2, 0.25) is 0 Å². The second-order valence-corrected chi connectivity index (χ2v) is 5.73. The molecule has 5 nitrogen and oxygen atoms in total. The van der Waals surface area contributed by atoms with Gasteiger partial charge in [-0.05, 0) is 45.9 Å². The fourth-order valence-corrected chi connectivity index (χ4v) is 1.87. The molecule has 106 valence electrons. The molecule has 0 amide bonds. The molecule has 6 heteroatoms. The highest BCUT2D eigenvalue weighted by Gasteiger charge is 2.50. The van der Waals surface area contributed by atoms with Gasteiger partial charge in [0.15, 0.2) is 0 Å². The Bertz CT molecular complexity index is 538. The van der Waals surface area contributed by atoms with E-state index in [1.807, 2.05) is 27.7 Å². The number of hydrogen-bond donors (Lipinski definition) is 1. The first-order valence-corrected chi connectivity index (χ1v) is 6.45. The van der Waals surface area contributed by atoms with Crippen LogP contribution in [0.4, 0.5) is 0 Å². The molecular weight excluding hydrogens is 257 g/mol. The number of aromatic nitrogens is 1. The molecule has 1 aromatic rings. The van der Waals surface area contributed by atoms with Crippen molar-refractivity contribution in [2.75, 3.05) is 0 Å². The third-order valence-corrected chi connectivity index (χ3v) is 3.75. The van der Waals surface area contributed by atoms with Crippen molar-refractivity contribution in [3.05, 3.63) is 35.6 Å². The van der Waals surface area contributed by atoms with Crippen LogP contribution >= 0.6 is 0 Å². The largest absolute Gasteiger partial charge is 0.487 e. The molecule has 1 aliphatic rings. The van der Waals surface area contributed by atoms with Gasteiger partial charge in [0.05, 0.1) is 22.5 Å². The lowest BCUT2D eigenvalue weighted by molar-refractivity contribution is 0.00578. The SMILES string of the molecule is CC1(C)OB(/C=C/c2ncccc2C(=O)O)OC1(C)C. The van der Waals surface area contributed by atoms with Gasteiger partial charge in [-0.25, -0.2) is 4.79 Å². The van der Waals surface area contributed by atoms with E-state index in [2.05, 4.69) is 4.98 Å². The molecule has 0 spiro atoms. The van der Waals surface area contributed by atoms with Crippen LogP contribution in [0.15, 0.2) is 24.3 Å². The summed E-state index contributed by atoms with van der Waals surface area (Å²) in [6.07, 6.45) is 3.17. The zero-order chi connectivity index (χ0) is 15.0. The van der Waals surface area contributed by atoms with E-state index in [4.69, 9.17) is 14.4 Å². The quantitative estimate of drug-likeness (QED) is 0.858. The maximum absolute atomic E-state index is 11.1. The molecule has 0 aliphatic carbocycles. The maximum Gasteiger partial charge on any atom is 0.487 e. The molecule has 0 atom stereocenters. The van der Waals surface area contributed by atoms with Crippen molar-refractivity contribution in [2.45, 2.75) is 38.9 Å². The van der Waals surface area contributed by atoms with Gasteiger partial charge in [-0.1, -0.05) is 5.98 Å². The van der Waals surface area contributed by atoms with Gasteiger partial charge in [0.25, 0.3) is 0 Å². The molecule has 2 rings (SSSR count). The van der Waals surface area contributed by atoms with Gasteiger partial charge in [0.1, 0.15) is 0 Å². The van der Waals surface area contributed by atoms with E-state index >= 15 is 0 Å². The number of pyridine rings is 1. The van der Waals surface area contributed by atoms with Crippen LogP contribution in [-0.4, -0.2) is 34.4 Å². The molecular formula is C14H18BNO4. The molecule has 0 radical (unpaired) electrons. The summed E-state index contributed by atoms with van der Waals surface area (Å²) in [6.45, 7) is 7.85. The maximum atomic E-state index is 11.1. The topological polar surface area (TPSA) is 68.7 Å². The molecule has 1 fully saturated rings. The highest BCUT2D eigenvalue weighted by molar-refractivity contribution is 6.52. The van der Waals surface area contributed by atoms with E-state index in [0.717, 1.165) is 0 Å². The second kappa shape index (κ2) is 5.03. The van der Waals surface area contributed by atoms with Gasteiger partial charge in [0.2, 0.25) is 0 Å². The lowest BCUT2D eigenvalue weighted by Gasteiger charge is -2.32. The third-order valence-electron chi connectivity index (χ3n) is 3.75. The van der Waals surface area contributed by atoms with E-state index in [1.54, 1.807) is 24.3 Å². The minimum absolute atomic E-state index is 0.153. The molecule has 1 aliphatic heterocycles. The van der Waals surface area contributed by atoms with E-state index in [0.29, 0.717) is 5.69 Å². The van der Waals surface area contributed by atoms with Crippen molar-refractivity contribution in [2.24, 2.45) is 0 Å². The van der Waals surface area contributed by atoms with Crippen LogP contribution in [0.25, 0.3) is 6.08 Å². The number of carbonyl (C=O) groups is 1. The first kappa shape index (κ1) is 14.7. The molecule has 20 heavy (non-hydrogen) atoms. The molecule has 1 saturated heterocycles. The van der Waals surface area contributed by atoms with Crippen LogP contribution in [-0.2, 0) is 9.31 Å². The Balaban J connectivity index is 2.18. The molecule has 2 heterocycles. The van der Waals surface area contributed by atoms with Crippen molar-refractivity contribution in [3.8, 4) is 0 Å². The summed E-state index contributed by atoms with van der Waals surface area (Å²) in [4.78, 5) is 15.1. The van der Waals surface area contributed by atoms with Crippen LogP contribution in [0.3, 0.4) is 0 Å². The van der Waals surface area contributed by atoms with Gasteiger partial charge in [-0.3, -0.25) is 4.98 Å². The Morgan fingerprint density at radius 3 is 2.45 bits per heavy atom. The summed E-state index contributed by atoms with van der Waals surface area (Å²) in [7, 11) is -0.511. The van der Waals surface area contributed by atoms with Gasteiger partial charge in [-0.2, -0.15) is 0 Å². The highest BCUT2D eigenvalue weighted by atomic mass is 16.7. The first-order chi connectivity index (χ1) is 9.23. The predicted octanol–water partition coefficient (Wildman–Crippen LogP) is 2.42.